The number of anilines is 1. The molecule has 0 bridgehead atoms. The van der Waals surface area contributed by atoms with Crippen molar-refractivity contribution in [2.75, 3.05) is 4.72 Å². The minimum Gasteiger partial charge on any atom is -0.392 e. The van der Waals surface area contributed by atoms with Crippen molar-refractivity contribution in [2.45, 2.75) is 18.4 Å². The van der Waals surface area contributed by atoms with Crippen molar-refractivity contribution < 1.29 is 13.5 Å². The number of thiazole rings is 1. The van der Waals surface area contributed by atoms with Gasteiger partial charge in [-0.2, -0.15) is 0 Å². The Morgan fingerprint density at radius 1 is 1.47 bits per heavy atom. The Labute approximate surface area is 123 Å². The van der Waals surface area contributed by atoms with Crippen molar-refractivity contribution in [3.05, 3.63) is 39.3 Å². The average Bonchev–Trinajstić information content (AvgIpc) is 2.74. The van der Waals surface area contributed by atoms with Crippen LogP contribution < -0.4 is 4.72 Å². The molecule has 0 aliphatic rings. The van der Waals surface area contributed by atoms with E-state index in [1.807, 2.05) is 0 Å². The molecule has 19 heavy (non-hydrogen) atoms. The maximum Gasteiger partial charge on any atom is 0.264 e. The van der Waals surface area contributed by atoms with Crippen LogP contribution in [0.15, 0.2) is 32.9 Å². The Morgan fingerprint density at radius 2 is 2.21 bits per heavy atom. The fourth-order valence-electron chi connectivity index (χ4n) is 1.42. The summed E-state index contributed by atoms with van der Waals surface area (Å²) in [7, 11) is -3.72. The topological polar surface area (TPSA) is 79.3 Å². The quantitative estimate of drug-likeness (QED) is 0.875. The molecule has 0 aliphatic heterocycles. The van der Waals surface area contributed by atoms with Crippen LogP contribution in [0.1, 0.15) is 11.3 Å². The SMILES string of the molecule is Cc1csc(NS(=O)(=O)c2cc(CO)ccc2Br)n1. The number of hydrogen-bond donors (Lipinski definition) is 2. The summed E-state index contributed by atoms with van der Waals surface area (Å²) >= 11 is 4.42. The monoisotopic (exact) mass is 362 g/mol. The summed E-state index contributed by atoms with van der Waals surface area (Å²) in [5, 5.41) is 11.2. The largest absolute Gasteiger partial charge is 0.392 e. The van der Waals surface area contributed by atoms with Gasteiger partial charge in [-0.1, -0.05) is 6.07 Å². The van der Waals surface area contributed by atoms with Crippen LogP contribution in [0.2, 0.25) is 0 Å². The third-order valence-electron chi connectivity index (χ3n) is 2.31. The van der Waals surface area contributed by atoms with Crippen LogP contribution in [0, 0.1) is 6.92 Å². The molecular formula is C11H11BrN2O3S2. The molecule has 0 fully saturated rings. The molecule has 1 aromatic carbocycles. The number of sulfonamides is 1. The van der Waals surface area contributed by atoms with E-state index in [1.54, 1.807) is 24.4 Å². The molecule has 0 spiro atoms. The number of benzene rings is 1. The van der Waals surface area contributed by atoms with Crippen molar-refractivity contribution in [3.8, 4) is 0 Å². The molecule has 2 N–H and O–H groups in total. The van der Waals surface area contributed by atoms with Crippen molar-refractivity contribution in [1.29, 1.82) is 0 Å². The number of hydrogen-bond acceptors (Lipinski definition) is 5. The van der Waals surface area contributed by atoms with Crippen molar-refractivity contribution in [3.63, 3.8) is 0 Å². The number of nitrogens with one attached hydrogen (secondary N) is 1. The molecule has 0 atom stereocenters. The number of aromatic nitrogens is 1. The van der Waals surface area contributed by atoms with Gasteiger partial charge in [-0.05, 0) is 40.5 Å². The highest BCUT2D eigenvalue weighted by Gasteiger charge is 2.19. The van der Waals surface area contributed by atoms with Gasteiger partial charge in [0.15, 0.2) is 5.13 Å². The van der Waals surface area contributed by atoms with Crippen LogP contribution in [0.25, 0.3) is 0 Å². The third kappa shape index (κ3) is 3.33. The number of halogens is 1. The van der Waals surface area contributed by atoms with Crippen LogP contribution in [0.5, 0.6) is 0 Å². The molecule has 8 heteroatoms. The maximum absolute atomic E-state index is 12.2. The highest BCUT2D eigenvalue weighted by atomic mass is 79.9. The zero-order valence-electron chi connectivity index (χ0n) is 9.92. The normalized spacial score (nSPS) is 11.5. The van der Waals surface area contributed by atoms with Gasteiger partial charge >= 0.3 is 0 Å². The van der Waals surface area contributed by atoms with E-state index < -0.39 is 10.0 Å². The lowest BCUT2D eigenvalue weighted by atomic mass is 10.2. The van der Waals surface area contributed by atoms with Gasteiger partial charge in [0.05, 0.1) is 12.3 Å². The van der Waals surface area contributed by atoms with E-state index in [0.29, 0.717) is 15.2 Å². The van der Waals surface area contributed by atoms with Gasteiger partial charge in [0.2, 0.25) is 0 Å². The molecule has 1 heterocycles. The standard InChI is InChI=1S/C11H11BrN2O3S2/c1-7-6-18-11(13-7)14-19(16,17)10-4-8(5-15)2-3-9(10)12/h2-4,6,15H,5H2,1H3,(H,13,14). The maximum atomic E-state index is 12.2. The minimum absolute atomic E-state index is 0.0758. The first-order chi connectivity index (χ1) is 8.92. The number of aliphatic hydroxyl groups is 1. The third-order valence-corrected chi connectivity index (χ3v) is 5.65. The zero-order chi connectivity index (χ0) is 14.0. The van der Waals surface area contributed by atoms with Crippen molar-refractivity contribution in [2.24, 2.45) is 0 Å². The summed E-state index contributed by atoms with van der Waals surface area (Å²) < 4.78 is 27.3. The Morgan fingerprint density at radius 3 is 2.79 bits per heavy atom. The Hall–Kier alpha value is -0.960. The first-order valence-electron chi connectivity index (χ1n) is 5.26. The second kappa shape index (κ2) is 5.58. The second-order valence-electron chi connectivity index (χ2n) is 3.82. The highest BCUT2D eigenvalue weighted by Crippen LogP contribution is 2.26. The molecule has 1 aromatic heterocycles. The van der Waals surface area contributed by atoms with E-state index in [9.17, 15) is 8.42 Å². The van der Waals surface area contributed by atoms with Gasteiger partial charge in [0, 0.05) is 9.85 Å². The van der Waals surface area contributed by atoms with Crippen LogP contribution in [0.4, 0.5) is 5.13 Å². The summed E-state index contributed by atoms with van der Waals surface area (Å²) in [4.78, 5) is 4.13. The molecule has 0 unspecified atom stereocenters. The van der Waals surface area contributed by atoms with E-state index in [2.05, 4.69) is 25.6 Å². The minimum atomic E-state index is -3.72. The molecule has 2 rings (SSSR count). The van der Waals surface area contributed by atoms with Crippen molar-refractivity contribution >= 4 is 42.4 Å². The number of rotatable bonds is 4. The summed E-state index contributed by atoms with van der Waals surface area (Å²) in [5.74, 6) is 0. The smallest absolute Gasteiger partial charge is 0.264 e. The Kier molecular flexibility index (Phi) is 4.24. The average molecular weight is 363 g/mol. The van der Waals surface area contributed by atoms with E-state index in [-0.39, 0.29) is 11.5 Å². The van der Waals surface area contributed by atoms with Gasteiger partial charge in [-0.25, -0.2) is 13.4 Å². The lowest BCUT2D eigenvalue weighted by Gasteiger charge is -2.08. The van der Waals surface area contributed by atoms with Gasteiger partial charge in [-0.15, -0.1) is 11.3 Å². The van der Waals surface area contributed by atoms with E-state index in [1.165, 1.54) is 17.4 Å². The second-order valence-corrected chi connectivity index (χ2v) is 7.19. The fraction of sp³-hybridized carbons (Fsp3) is 0.182. The molecule has 0 saturated carbocycles. The van der Waals surface area contributed by atoms with Crippen LogP contribution in [0.3, 0.4) is 0 Å². The van der Waals surface area contributed by atoms with E-state index in [0.717, 1.165) is 5.69 Å². The zero-order valence-corrected chi connectivity index (χ0v) is 13.1. The molecule has 0 amide bonds. The van der Waals surface area contributed by atoms with Crippen LogP contribution in [-0.4, -0.2) is 18.5 Å². The molecule has 5 nitrogen and oxygen atoms in total. The summed E-state index contributed by atoms with van der Waals surface area (Å²) in [6, 6.07) is 4.66. The van der Waals surface area contributed by atoms with Crippen molar-refractivity contribution in [1.82, 2.24) is 4.98 Å². The molecular weight excluding hydrogens is 352 g/mol. The lowest BCUT2D eigenvalue weighted by Crippen LogP contribution is -2.13. The summed E-state index contributed by atoms with van der Waals surface area (Å²) in [6.45, 7) is 1.57. The van der Waals surface area contributed by atoms with E-state index >= 15 is 0 Å². The molecule has 102 valence electrons. The first-order valence-corrected chi connectivity index (χ1v) is 8.42. The Balaban J connectivity index is 2.39. The molecule has 2 aromatic rings. The summed E-state index contributed by atoms with van der Waals surface area (Å²) in [5.41, 5.74) is 1.28. The van der Waals surface area contributed by atoms with Gasteiger partial charge < -0.3 is 5.11 Å². The lowest BCUT2D eigenvalue weighted by molar-refractivity contribution is 0.281. The summed E-state index contributed by atoms with van der Waals surface area (Å²) in [6.07, 6.45) is 0. The first kappa shape index (κ1) is 14.4. The van der Waals surface area contributed by atoms with E-state index in [4.69, 9.17) is 5.11 Å². The predicted octanol–water partition coefficient (Wildman–Crippen LogP) is 2.51. The van der Waals surface area contributed by atoms with Gasteiger partial charge in [0.25, 0.3) is 10.0 Å². The molecule has 0 aliphatic carbocycles. The molecule has 0 radical (unpaired) electrons. The van der Waals surface area contributed by atoms with Gasteiger partial charge in [-0.3, -0.25) is 4.72 Å². The van der Waals surface area contributed by atoms with Crippen LogP contribution in [-0.2, 0) is 16.6 Å². The fourth-order valence-corrected chi connectivity index (χ4v) is 4.38. The Bertz CT molecular complexity index is 698. The predicted molar refractivity (Wildman–Crippen MR) is 77.7 cm³/mol. The highest BCUT2D eigenvalue weighted by molar-refractivity contribution is 9.10. The molecule has 0 saturated heterocycles. The number of nitrogens with zero attached hydrogens (tertiary/aromatic N) is 1. The van der Waals surface area contributed by atoms with Crippen LogP contribution >= 0.6 is 27.3 Å². The number of aryl methyl sites for hydroxylation is 1. The number of aliphatic hydroxyl groups excluding tert-OH is 1. The van der Waals surface area contributed by atoms with Gasteiger partial charge in [0.1, 0.15) is 4.90 Å².